The summed E-state index contributed by atoms with van der Waals surface area (Å²) in [5, 5.41) is 4.46. The van der Waals surface area contributed by atoms with E-state index in [0.29, 0.717) is 5.82 Å². The first-order valence-corrected chi connectivity index (χ1v) is 21.6. The topological polar surface area (TPSA) is 51.8 Å². The Balaban J connectivity index is 1.07. The number of thiophene rings is 1. The lowest BCUT2D eigenvalue weighted by atomic mass is 9.92. The fraction of sp³-hybridized carbons (Fsp3) is 0. The van der Waals surface area contributed by atoms with E-state index in [2.05, 4.69) is 170 Å². The highest BCUT2D eigenvalue weighted by molar-refractivity contribution is 7.24. The van der Waals surface area contributed by atoms with E-state index in [1.54, 1.807) is 0 Å². The van der Waals surface area contributed by atoms with Crippen molar-refractivity contribution in [3.05, 3.63) is 212 Å². The molecule has 12 aromatic rings. The molecule has 12 rings (SSSR count). The minimum Gasteiger partial charge on any atom is -0.455 e. The first-order chi connectivity index (χ1) is 30.7. The molecule has 62 heavy (non-hydrogen) atoms. The van der Waals surface area contributed by atoms with Crippen molar-refractivity contribution in [3.8, 4) is 77.9 Å². The van der Waals surface area contributed by atoms with Crippen LogP contribution in [-0.2, 0) is 0 Å². The maximum atomic E-state index is 6.78. The summed E-state index contributed by atoms with van der Waals surface area (Å²) in [5.41, 5.74) is 15.1. The molecule has 8 aromatic carbocycles. The molecule has 4 heterocycles. The smallest absolute Gasteiger partial charge is 0.160 e. The summed E-state index contributed by atoms with van der Waals surface area (Å²) in [4.78, 5) is 16.7. The van der Waals surface area contributed by atoms with Crippen molar-refractivity contribution in [1.29, 1.82) is 0 Å². The summed E-state index contributed by atoms with van der Waals surface area (Å²) in [6, 6.07) is 74.2. The highest BCUT2D eigenvalue weighted by Crippen LogP contribution is 2.52. The minimum absolute atomic E-state index is 0.697. The molecule has 0 atom stereocenters. The highest BCUT2D eigenvalue weighted by atomic mass is 32.1. The van der Waals surface area contributed by atoms with Gasteiger partial charge in [0, 0.05) is 64.5 Å². The molecule has 0 aliphatic carbocycles. The van der Waals surface area contributed by atoms with Crippen LogP contribution in [0.15, 0.2) is 217 Å². The number of fused-ring (bicyclic) bond motifs is 6. The summed E-state index contributed by atoms with van der Waals surface area (Å²) in [6.45, 7) is 0. The van der Waals surface area contributed by atoms with Crippen molar-refractivity contribution in [2.75, 3.05) is 0 Å². The van der Waals surface area contributed by atoms with Crippen LogP contribution in [-0.4, -0.2) is 15.0 Å². The zero-order valence-corrected chi connectivity index (χ0v) is 34.2. The number of pyridine rings is 1. The second kappa shape index (κ2) is 14.9. The van der Waals surface area contributed by atoms with Crippen molar-refractivity contribution >= 4 is 54.3 Å². The molecule has 4 aromatic heterocycles. The Bertz CT molecular complexity index is 3570. The maximum Gasteiger partial charge on any atom is 0.160 e. The van der Waals surface area contributed by atoms with Gasteiger partial charge in [0.2, 0.25) is 0 Å². The van der Waals surface area contributed by atoms with Crippen LogP contribution in [0.4, 0.5) is 0 Å². The molecule has 4 nitrogen and oxygen atoms in total. The number of hydrogen-bond acceptors (Lipinski definition) is 5. The Kier molecular flexibility index (Phi) is 8.65. The Labute approximate surface area is 362 Å². The van der Waals surface area contributed by atoms with Crippen molar-refractivity contribution in [2.24, 2.45) is 0 Å². The third-order valence-electron chi connectivity index (χ3n) is 11.7. The lowest BCUT2D eigenvalue weighted by Crippen LogP contribution is -1.96. The van der Waals surface area contributed by atoms with E-state index in [9.17, 15) is 0 Å². The molecule has 0 unspecified atom stereocenters. The van der Waals surface area contributed by atoms with Crippen LogP contribution < -0.4 is 0 Å². The van der Waals surface area contributed by atoms with Crippen molar-refractivity contribution in [3.63, 3.8) is 0 Å². The molecule has 5 heteroatoms. The zero-order valence-electron chi connectivity index (χ0n) is 33.4. The number of para-hydroxylation sites is 3. The number of benzene rings is 8. The van der Waals surface area contributed by atoms with Gasteiger partial charge in [0.25, 0.3) is 0 Å². The van der Waals surface area contributed by atoms with Gasteiger partial charge in [-0.2, -0.15) is 0 Å². The molecule has 0 radical (unpaired) electrons. The van der Waals surface area contributed by atoms with Gasteiger partial charge < -0.3 is 4.42 Å². The van der Waals surface area contributed by atoms with E-state index in [1.807, 2.05) is 53.8 Å². The number of nitrogens with zero attached hydrogens (tertiary/aromatic N) is 3. The van der Waals surface area contributed by atoms with Crippen LogP contribution in [0, 0.1) is 0 Å². The standard InChI is InChI=1S/C57H35N3OS/c1-4-17-36(18-5-1)48-35-49(60-57(59-48)38-21-8-3-9-22-38)41-25-14-23-39(33-41)40-24-15-26-42(34-40)55-51(46-30-16-29-44-43-27-11-13-32-50(43)61-54(44)46)52-53(37-19-6-2-7-20-37)58-47-31-12-10-28-45(47)56(52)62-55/h1-35H. The summed E-state index contributed by atoms with van der Waals surface area (Å²) in [5.74, 6) is 0.697. The lowest BCUT2D eigenvalue weighted by Gasteiger charge is -2.12. The summed E-state index contributed by atoms with van der Waals surface area (Å²) >= 11 is 1.83. The monoisotopic (exact) mass is 809 g/mol. The Hall–Kier alpha value is -7.99. The number of aromatic nitrogens is 3. The first-order valence-electron chi connectivity index (χ1n) is 20.8. The quantitative estimate of drug-likeness (QED) is 0.161. The van der Waals surface area contributed by atoms with Crippen LogP contribution in [0.5, 0.6) is 0 Å². The van der Waals surface area contributed by atoms with Gasteiger partial charge >= 0.3 is 0 Å². The van der Waals surface area contributed by atoms with Crippen LogP contribution in [0.3, 0.4) is 0 Å². The number of rotatable bonds is 7. The fourth-order valence-corrected chi connectivity index (χ4v) is 10.1. The van der Waals surface area contributed by atoms with E-state index >= 15 is 0 Å². The highest BCUT2D eigenvalue weighted by Gasteiger charge is 2.25. The molecule has 0 saturated carbocycles. The Morgan fingerprint density at radius 3 is 1.69 bits per heavy atom. The van der Waals surface area contributed by atoms with Crippen molar-refractivity contribution in [2.45, 2.75) is 0 Å². The van der Waals surface area contributed by atoms with Crippen LogP contribution >= 0.6 is 11.3 Å². The lowest BCUT2D eigenvalue weighted by molar-refractivity contribution is 0.670. The van der Waals surface area contributed by atoms with E-state index in [0.717, 1.165) is 110 Å². The molecule has 0 amide bonds. The zero-order chi connectivity index (χ0) is 41.0. The van der Waals surface area contributed by atoms with E-state index in [4.69, 9.17) is 19.4 Å². The van der Waals surface area contributed by atoms with Gasteiger partial charge in [-0.15, -0.1) is 11.3 Å². The average Bonchev–Trinajstić information content (AvgIpc) is 3.95. The second-order valence-corrected chi connectivity index (χ2v) is 16.5. The van der Waals surface area contributed by atoms with Gasteiger partial charge in [-0.25, -0.2) is 15.0 Å². The molecule has 0 aliphatic rings. The van der Waals surface area contributed by atoms with Gasteiger partial charge in [0.15, 0.2) is 5.82 Å². The molecular weight excluding hydrogens is 775 g/mol. The third kappa shape index (κ3) is 6.18. The van der Waals surface area contributed by atoms with Gasteiger partial charge in [-0.3, -0.25) is 0 Å². The van der Waals surface area contributed by atoms with Crippen molar-refractivity contribution in [1.82, 2.24) is 15.0 Å². The summed E-state index contributed by atoms with van der Waals surface area (Å²) in [6.07, 6.45) is 0. The number of hydrogen-bond donors (Lipinski definition) is 0. The largest absolute Gasteiger partial charge is 0.455 e. The van der Waals surface area contributed by atoms with Gasteiger partial charge in [0.1, 0.15) is 11.2 Å². The Morgan fingerprint density at radius 2 is 0.935 bits per heavy atom. The predicted molar refractivity (Wildman–Crippen MR) is 258 cm³/mol. The number of furan rings is 1. The molecule has 0 bridgehead atoms. The van der Waals surface area contributed by atoms with E-state index in [-0.39, 0.29) is 0 Å². The van der Waals surface area contributed by atoms with Crippen LogP contribution in [0.25, 0.3) is 121 Å². The molecule has 0 saturated heterocycles. The summed E-state index contributed by atoms with van der Waals surface area (Å²) in [7, 11) is 0. The molecule has 0 fully saturated rings. The van der Waals surface area contributed by atoms with Gasteiger partial charge in [0.05, 0.1) is 22.6 Å². The fourth-order valence-electron chi connectivity index (χ4n) is 8.76. The minimum atomic E-state index is 0.697. The molecule has 0 N–H and O–H groups in total. The first kappa shape index (κ1) is 35.9. The molecular formula is C57H35N3OS. The van der Waals surface area contributed by atoms with Crippen LogP contribution in [0.2, 0.25) is 0 Å². The summed E-state index contributed by atoms with van der Waals surface area (Å²) < 4.78 is 7.98. The van der Waals surface area contributed by atoms with Gasteiger partial charge in [-0.1, -0.05) is 182 Å². The molecule has 0 aliphatic heterocycles. The maximum absolute atomic E-state index is 6.78. The molecule has 0 spiro atoms. The SMILES string of the molecule is c1ccc(-c2cc(-c3cccc(-c4cccc(-c5sc6c(c(-c7ccccc7)nc7ccccc76)c5-c5cccc6c5oc5ccccc56)c4)c3)nc(-c3ccccc3)n2)cc1. The van der Waals surface area contributed by atoms with E-state index in [1.165, 1.54) is 4.70 Å². The van der Waals surface area contributed by atoms with Crippen molar-refractivity contribution < 1.29 is 4.42 Å². The molecule has 290 valence electrons. The normalized spacial score (nSPS) is 11.5. The van der Waals surface area contributed by atoms with Crippen LogP contribution in [0.1, 0.15) is 0 Å². The predicted octanol–water partition coefficient (Wildman–Crippen LogP) is 15.8. The Morgan fingerprint density at radius 1 is 0.387 bits per heavy atom. The van der Waals surface area contributed by atoms with E-state index < -0.39 is 0 Å². The average molecular weight is 810 g/mol. The third-order valence-corrected chi connectivity index (χ3v) is 13.0. The second-order valence-electron chi connectivity index (χ2n) is 15.5. The van der Waals surface area contributed by atoms with Gasteiger partial charge in [-0.05, 0) is 47.0 Å².